The highest BCUT2D eigenvalue weighted by molar-refractivity contribution is 5.41. The number of hydrogen-bond acceptors (Lipinski definition) is 3. The Bertz CT molecular complexity index is 492. The van der Waals surface area contributed by atoms with Gasteiger partial charge in [0.05, 0.1) is 0 Å². The van der Waals surface area contributed by atoms with Gasteiger partial charge >= 0.3 is 0 Å². The summed E-state index contributed by atoms with van der Waals surface area (Å²) >= 11 is 0. The van der Waals surface area contributed by atoms with Crippen LogP contribution in [-0.2, 0) is 13.0 Å². The second-order valence-corrected chi connectivity index (χ2v) is 7.20. The third kappa shape index (κ3) is 3.58. The fourth-order valence-electron chi connectivity index (χ4n) is 3.51. The predicted octanol–water partition coefficient (Wildman–Crippen LogP) is 2.97. The van der Waals surface area contributed by atoms with Crippen molar-refractivity contribution in [3.05, 3.63) is 29.3 Å². The molecule has 0 amide bonds. The number of ether oxygens (including phenoxy) is 1. The van der Waals surface area contributed by atoms with Crippen molar-refractivity contribution in [3.63, 3.8) is 0 Å². The molecule has 1 fully saturated rings. The molecule has 0 saturated carbocycles. The number of hydrogen-bond donors (Lipinski definition) is 1. The van der Waals surface area contributed by atoms with Crippen molar-refractivity contribution >= 4 is 0 Å². The standard InChI is InChI=1S/C18H28N2O/c1-14(20-8-4-5-9-20)12-19-13-15-6-7-17-16(10-15)11-18(2,3)21-17/h6-7,10,14,19H,4-5,8-9,11-13H2,1-3H3. The lowest BCUT2D eigenvalue weighted by atomic mass is 10.0. The van der Waals surface area contributed by atoms with Gasteiger partial charge in [-0.2, -0.15) is 0 Å². The van der Waals surface area contributed by atoms with Gasteiger partial charge in [0.25, 0.3) is 0 Å². The van der Waals surface area contributed by atoms with Gasteiger partial charge in [-0.1, -0.05) is 12.1 Å². The van der Waals surface area contributed by atoms with E-state index < -0.39 is 0 Å². The summed E-state index contributed by atoms with van der Waals surface area (Å²) in [6, 6.07) is 7.26. The number of likely N-dealkylation sites (tertiary alicyclic amines) is 1. The molecule has 0 spiro atoms. The molecule has 1 saturated heterocycles. The molecule has 1 aromatic rings. The molecule has 1 atom stereocenters. The molecule has 3 rings (SSSR count). The lowest BCUT2D eigenvalue weighted by Gasteiger charge is -2.24. The maximum Gasteiger partial charge on any atom is 0.123 e. The molecular formula is C18H28N2O. The van der Waals surface area contributed by atoms with Crippen LogP contribution in [0, 0.1) is 0 Å². The summed E-state index contributed by atoms with van der Waals surface area (Å²) in [5.41, 5.74) is 2.68. The Morgan fingerprint density at radius 3 is 2.81 bits per heavy atom. The van der Waals surface area contributed by atoms with E-state index in [1.165, 1.54) is 37.1 Å². The first-order valence-electron chi connectivity index (χ1n) is 8.29. The van der Waals surface area contributed by atoms with Crippen LogP contribution in [-0.4, -0.2) is 36.2 Å². The van der Waals surface area contributed by atoms with Gasteiger partial charge < -0.3 is 10.1 Å². The van der Waals surface area contributed by atoms with Crippen molar-refractivity contribution in [2.45, 2.75) is 58.2 Å². The molecule has 2 aliphatic heterocycles. The Morgan fingerprint density at radius 1 is 1.29 bits per heavy atom. The average Bonchev–Trinajstić information content (AvgIpc) is 3.03. The number of nitrogens with zero attached hydrogens (tertiary/aromatic N) is 1. The molecule has 116 valence electrons. The van der Waals surface area contributed by atoms with Gasteiger partial charge in [0.15, 0.2) is 0 Å². The minimum absolute atomic E-state index is 0.0430. The summed E-state index contributed by atoms with van der Waals surface area (Å²) in [4.78, 5) is 2.59. The minimum atomic E-state index is -0.0430. The van der Waals surface area contributed by atoms with Gasteiger partial charge in [-0.05, 0) is 63.9 Å². The Labute approximate surface area is 128 Å². The summed E-state index contributed by atoms with van der Waals surface area (Å²) in [7, 11) is 0. The van der Waals surface area contributed by atoms with Crippen molar-refractivity contribution in [2.75, 3.05) is 19.6 Å². The molecule has 3 nitrogen and oxygen atoms in total. The molecule has 0 radical (unpaired) electrons. The lowest BCUT2D eigenvalue weighted by Crippen LogP contribution is -2.38. The Balaban J connectivity index is 1.50. The fourth-order valence-corrected chi connectivity index (χ4v) is 3.51. The van der Waals surface area contributed by atoms with Gasteiger partial charge in [0.1, 0.15) is 11.4 Å². The zero-order chi connectivity index (χ0) is 14.9. The van der Waals surface area contributed by atoms with Gasteiger partial charge in [-0.15, -0.1) is 0 Å². The monoisotopic (exact) mass is 288 g/mol. The summed E-state index contributed by atoms with van der Waals surface area (Å²) in [5.74, 6) is 1.06. The maximum absolute atomic E-state index is 5.93. The van der Waals surface area contributed by atoms with Crippen LogP contribution in [0.5, 0.6) is 5.75 Å². The third-order valence-electron chi connectivity index (χ3n) is 4.66. The Hall–Kier alpha value is -1.06. The van der Waals surface area contributed by atoms with Crippen molar-refractivity contribution in [2.24, 2.45) is 0 Å². The van der Waals surface area contributed by atoms with E-state index in [0.717, 1.165) is 25.3 Å². The third-order valence-corrected chi connectivity index (χ3v) is 4.66. The van der Waals surface area contributed by atoms with E-state index in [-0.39, 0.29) is 5.60 Å². The molecule has 0 aromatic heterocycles. The molecule has 0 aliphatic carbocycles. The first-order valence-corrected chi connectivity index (χ1v) is 8.29. The van der Waals surface area contributed by atoms with E-state index in [1.807, 2.05) is 0 Å². The number of rotatable bonds is 5. The van der Waals surface area contributed by atoms with E-state index in [0.29, 0.717) is 6.04 Å². The van der Waals surface area contributed by atoms with Crippen LogP contribution in [0.25, 0.3) is 0 Å². The van der Waals surface area contributed by atoms with Crippen LogP contribution in [0.3, 0.4) is 0 Å². The number of fused-ring (bicyclic) bond motifs is 1. The molecule has 1 aromatic carbocycles. The molecule has 21 heavy (non-hydrogen) atoms. The zero-order valence-corrected chi connectivity index (χ0v) is 13.6. The highest BCUT2D eigenvalue weighted by atomic mass is 16.5. The van der Waals surface area contributed by atoms with Crippen LogP contribution in [0.15, 0.2) is 18.2 Å². The van der Waals surface area contributed by atoms with Gasteiger partial charge in [0.2, 0.25) is 0 Å². The van der Waals surface area contributed by atoms with E-state index in [2.05, 4.69) is 49.2 Å². The zero-order valence-electron chi connectivity index (χ0n) is 13.6. The highest BCUT2D eigenvalue weighted by Crippen LogP contribution is 2.35. The molecular weight excluding hydrogens is 260 g/mol. The van der Waals surface area contributed by atoms with E-state index in [4.69, 9.17) is 4.74 Å². The van der Waals surface area contributed by atoms with Crippen molar-refractivity contribution in [1.29, 1.82) is 0 Å². The van der Waals surface area contributed by atoms with Gasteiger partial charge in [0, 0.05) is 25.6 Å². The summed E-state index contributed by atoms with van der Waals surface area (Å²) in [6.07, 6.45) is 3.75. The molecule has 2 aliphatic rings. The van der Waals surface area contributed by atoms with E-state index in [1.54, 1.807) is 0 Å². The molecule has 2 heterocycles. The second kappa shape index (κ2) is 5.98. The quantitative estimate of drug-likeness (QED) is 0.901. The van der Waals surface area contributed by atoms with Crippen molar-refractivity contribution in [1.82, 2.24) is 10.2 Å². The predicted molar refractivity (Wildman–Crippen MR) is 86.8 cm³/mol. The molecule has 1 N–H and O–H groups in total. The van der Waals surface area contributed by atoms with Crippen LogP contribution in [0.2, 0.25) is 0 Å². The lowest BCUT2D eigenvalue weighted by molar-refractivity contribution is 0.138. The smallest absolute Gasteiger partial charge is 0.123 e. The largest absolute Gasteiger partial charge is 0.487 e. The summed E-state index contributed by atoms with van der Waals surface area (Å²) < 4.78 is 5.93. The Morgan fingerprint density at radius 2 is 2.05 bits per heavy atom. The number of nitrogens with one attached hydrogen (secondary N) is 1. The highest BCUT2D eigenvalue weighted by Gasteiger charge is 2.29. The van der Waals surface area contributed by atoms with Gasteiger partial charge in [-0.25, -0.2) is 0 Å². The molecule has 3 heteroatoms. The van der Waals surface area contributed by atoms with Crippen LogP contribution in [0.4, 0.5) is 0 Å². The second-order valence-electron chi connectivity index (χ2n) is 7.20. The van der Waals surface area contributed by atoms with Crippen LogP contribution >= 0.6 is 0 Å². The first kappa shape index (κ1) is 14.9. The minimum Gasteiger partial charge on any atom is -0.487 e. The van der Waals surface area contributed by atoms with Gasteiger partial charge in [-0.3, -0.25) is 4.90 Å². The topological polar surface area (TPSA) is 24.5 Å². The SMILES string of the molecule is CC(CNCc1ccc2c(c1)CC(C)(C)O2)N1CCCC1. The first-order chi connectivity index (χ1) is 10.0. The Kier molecular flexibility index (Phi) is 4.23. The summed E-state index contributed by atoms with van der Waals surface area (Å²) in [5, 5.41) is 3.61. The maximum atomic E-state index is 5.93. The van der Waals surface area contributed by atoms with Crippen LogP contribution in [0.1, 0.15) is 44.7 Å². The van der Waals surface area contributed by atoms with Crippen LogP contribution < -0.4 is 10.1 Å². The summed E-state index contributed by atoms with van der Waals surface area (Å²) in [6.45, 7) is 11.2. The van der Waals surface area contributed by atoms with E-state index >= 15 is 0 Å². The van der Waals surface area contributed by atoms with E-state index in [9.17, 15) is 0 Å². The van der Waals surface area contributed by atoms with Crippen molar-refractivity contribution in [3.8, 4) is 5.75 Å². The number of benzene rings is 1. The van der Waals surface area contributed by atoms with Crippen molar-refractivity contribution < 1.29 is 4.74 Å². The molecule has 0 bridgehead atoms. The normalized spacial score (nSPS) is 22.0. The fraction of sp³-hybridized carbons (Fsp3) is 0.667. The molecule has 1 unspecified atom stereocenters. The average molecular weight is 288 g/mol.